The molecule has 0 aliphatic heterocycles. The number of hydrogen-bond donors (Lipinski definition) is 1. The van der Waals surface area contributed by atoms with Crippen LogP contribution in [0.2, 0.25) is 5.02 Å². The van der Waals surface area contributed by atoms with E-state index in [0.29, 0.717) is 18.0 Å². The van der Waals surface area contributed by atoms with Gasteiger partial charge in [0, 0.05) is 43.7 Å². The fourth-order valence-electron chi connectivity index (χ4n) is 3.27. The number of pyridine rings is 2. The molecule has 0 radical (unpaired) electrons. The molecule has 1 unspecified atom stereocenters. The number of carbonyl (C=O) groups excluding carboxylic acids is 1. The standard InChI is InChI=1S/C22H19ClN4O/c23-18-8-9-21-25-14-20(27(21)15-18)19(17-6-2-1-3-7-17)11-22(28)26-13-16-5-4-10-24-12-16/h1-10,12,14-15,19H,11,13H2,(H,26,28). The van der Waals surface area contributed by atoms with Crippen molar-refractivity contribution >= 4 is 23.2 Å². The quantitative estimate of drug-likeness (QED) is 0.536. The Hall–Kier alpha value is -3.18. The van der Waals surface area contributed by atoms with Crippen molar-refractivity contribution in [1.82, 2.24) is 19.7 Å². The Morgan fingerprint density at radius 3 is 2.71 bits per heavy atom. The highest BCUT2D eigenvalue weighted by atomic mass is 35.5. The lowest BCUT2D eigenvalue weighted by Crippen LogP contribution is -2.25. The van der Waals surface area contributed by atoms with Gasteiger partial charge in [-0.1, -0.05) is 48.0 Å². The number of nitrogens with zero attached hydrogens (tertiary/aromatic N) is 3. The van der Waals surface area contributed by atoms with E-state index in [4.69, 9.17) is 11.6 Å². The highest BCUT2D eigenvalue weighted by Crippen LogP contribution is 2.29. The zero-order valence-corrected chi connectivity index (χ0v) is 15.9. The fraction of sp³-hybridized carbons (Fsp3) is 0.136. The molecular formula is C22H19ClN4O. The molecule has 0 aliphatic rings. The molecule has 0 saturated carbocycles. The van der Waals surface area contributed by atoms with Gasteiger partial charge in [0.25, 0.3) is 0 Å². The van der Waals surface area contributed by atoms with Crippen molar-refractivity contribution in [1.29, 1.82) is 0 Å². The van der Waals surface area contributed by atoms with Crippen LogP contribution >= 0.6 is 11.6 Å². The number of fused-ring (bicyclic) bond motifs is 1. The third-order valence-electron chi connectivity index (χ3n) is 4.66. The van der Waals surface area contributed by atoms with Gasteiger partial charge in [-0.3, -0.25) is 9.78 Å². The lowest BCUT2D eigenvalue weighted by atomic mass is 9.92. The lowest BCUT2D eigenvalue weighted by Gasteiger charge is -2.17. The van der Waals surface area contributed by atoms with Crippen molar-refractivity contribution in [2.75, 3.05) is 0 Å². The van der Waals surface area contributed by atoms with Gasteiger partial charge in [-0.05, 0) is 29.3 Å². The molecule has 3 aromatic heterocycles. The van der Waals surface area contributed by atoms with Crippen molar-refractivity contribution in [2.24, 2.45) is 0 Å². The molecule has 6 heteroatoms. The van der Waals surface area contributed by atoms with Crippen molar-refractivity contribution in [3.63, 3.8) is 0 Å². The summed E-state index contributed by atoms with van der Waals surface area (Å²) in [5.41, 5.74) is 3.76. The van der Waals surface area contributed by atoms with Crippen LogP contribution in [0.4, 0.5) is 0 Å². The molecule has 0 fully saturated rings. The number of nitrogens with one attached hydrogen (secondary N) is 1. The van der Waals surface area contributed by atoms with Crippen molar-refractivity contribution in [3.8, 4) is 0 Å². The molecule has 3 heterocycles. The van der Waals surface area contributed by atoms with Crippen LogP contribution in [0, 0.1) is 0 Å². The normalized spacial score (nSPS) is 12.0. The highest BCUT2D eigenvalue weighted by Gasteiger charge is 2.21. The van der Waals surface area contributed by atoms with Gasteiger partial charge in [0.15, 0.2) is 0 Å². The molecule has 1 N–H and O–H groups in total. The van der Waals surface area contributed by atoms with E-state index in [1.165, 1.54) is 0 Å². The maximum absolute atomic E-state index is 12.7. The second-order valence-electron chi connectivity index (χ2n) is 6.56. The molecule has 4 rings (SSSR count). The summed E-state index contributed by atoms with van der Waals surface area (Å²) in [7, 11) is 0. The second kappa shape index (κ2) is 8.23. The number of halogens is 1. The van der Waals surface area contributed by atoms with Crippen LogP contribution in [-0.2, 0) is 11.3 Å². The largest absolute Gasteiger partial charge is 0.352 e. The maximum Gasteiger partial charge on any atom is 0.221 e. The molecule has 1 atom stereocenters. The van der Waals surface area contributed by atoms with E-state index in [1.54, 1.807) is 12.4 Å². The van der Waals surface area contributed by atoms with E-state index in [-0.39, 0.29) is 11.8 Å². The minimum atomic E-state index is -0.136. The van der Waals surface area contributed by atoms with Crippen LogP contribution in [0.1, 0.15) is 29.2 Å². The monoisotopic (exact) mass is 390 g/mol. The molecular weight excluding hydrogens is 372 g/mol. The molecule has 0 aliphatic carbocycles. The van der Waals surface area contributed by atoms with E-state index in [1.807, 2.05) is 71.4 Å². The summed E-state index contributed by atoms with van der Waals surface area (Å²) in [6, 6.07) is 17.5. The van der Waals surface area contributed by atoms with E-state index < -0.39 is 0 Å². The average Bonchev–Trinajstić information content (AvgIpc) is 3.14. The van der Waals surface area contributed by atoms with E-state index in [0.717, 1.165) is 22.5 Å². The first-order valence-corrected chi connectivity index (χ1v) is 9.41. The topological polar surface area (TPSA) is 59.3 Å². The number of amides is 1. The third-order valence-corrected chi connectivity index (χ3v) is 4.88. The van der Waals surface area contributed by atoms with E-state index in [2.05, 4.69) is 15.3 Å². The zero-order valence-electron chi connectivity index (χ0n) is 15.1. The molecule has 4 aromatic rings. The average molecular weight is 391 g/mol. The summed E-state index contributed by atoms with van der Waals surface area (Å²) in [5, 5.41) is 3.61. The summed E-state index contributed by atoms with van der Waals surface area (Å²) in [6.45, 7) is 0.452. The molecule has 5 nitrogen and oxygen atoms in total. The highest BCUT2D eigenvalue weighted by molar-refractivity contribution is 6.30. The van der Waals surface area contributed by atoms with Gasteiger partial charge >= 0.3 is 0 Å². The summed E-state index contributed by atoms with van der Waals surface area (Å²) >= 11 is 6.19. The number of rotatable bonds is 6. The minimum absolute atomic E-state index is 0.0327. The maximum atomic E-state index is 12.7. The molecule has 140 valence electrons. The van der Waals surface area contributed by atoms with Crippen LogP contribution in [0.5, 0.6) is 0 Å². The van der Waals surface area contributed by atoms with Crippen molar-refractivity contribution in [3.05, 3.63) is 101 Å². The van der Waals surface area contributed by atoms with Gasteiger partial charge < -0.3 is 9.72 Å². The Bertz CT molecular complexity index is 1080. The Labute approximate surface area is 168 Å². The fourth-order valence-corrected chi connectivity index (χ4v) is 3.43. The van der Waals surface area contributed by atoms with Crippen LogP contribution in [-0.4, -0.2) is 20.3 Å². The Morgan fingerprint density at radius 2 is 1.93 bits per heavy atom. The molecule has 0 bridgehead atoms. The van der Waals surface area contributed by atoms with Gasteiger partial charge in [-0.2, -0.15) is 0 Å². The molecule has 28 heavy (non-hydrogen) atoms. The van der Waals surface area contributed by atoms with Gasteiger partial charge in [-0.25, -0.2) is 4.98 Å². The summed E-state index contributed by atoms with van der Waals surface area (Å²) in [6.07, 6.45) is 7.43. The Kier molecular flexibility index (Phi) is 5.35. The van der Waals surface area contributed by atoms with Crippen LogP contribution in [0.15, 0.2) is 79.4 Å². The minimum Gasteiger partial charge on any atom is -0.352 e. The smallest absolute Gasteiger partial charge is 0.221 e. The third kappa shape index (κ3) is 4.05. The van der Waals surface area contributed by atoms with Gasteiger partial charge in [0.2, 0.25) is 5.91 Å². The van der Waals surface area contributed by atoms with E-state index >= 15 is 0 Å². The Morgan fingerprint density at radius 1 is 1.07 bits per heavy atom. The molecule has 1 aromatic carbocycles. The van der Waals surface area contributed by atoms with Gasteiger partial charge in [0.1, 0.15) is 5.65 Å². The van der Waals surface area contributed by atoms with Crippen LogP contribution < -0.4 is 5.32 Å². The van der Waals surface area contributed by atoms with Crippen LogP contribution in [0.25, 0.3) is 5.65 Å². The first-order valence-electron chi connectivity index (χ1n) is 9.04. The first-order chi connectivity index (χ1) is 13.7. The molecule has 0 spiro atoms. The van der Waals surface area contributed by atoms with Crippen LogP contribution in [0.3, 0.4) is 0 Å². The first kappa shape index (κ1) is 18.2. The molecule has 1 amide bonds. The number of aromatic nitrogens is 3. The van der Waals surface area contributed by atoms with Gasteiger partial charge in [-0.15, -0.1) is 0 Å². The van der Waals surface area contributed by atoms with Crippen molar-refractivity contribution < 1.29 is 4.79 Å². The predicted octanol–water partition coefficient (Wildman–Crippen LogP) is 4.22. The number of carbonyl (C=O) groups is 1. The zero-order chi connectivity index (χ0) is 19.3. The summed E-state index contributed by atoms with van der Waals surface area (Å²) in [4.78, 5) is 21.3. The van der Waals surface area contributed by atoms with E-state index in [9.17, 15) is 4.79 Å². The Balaban J connectivity index is 1.61. The lowest BCUT2D eigenvalue weighted by molar-refractivity contribution is -0.121. The number of imidazole rings is 1. The number of hydrogen-bond acceptors (Lipinski definition) is 3. The predicted molar refractivity (Wildman–Crippen MR) is 109 cm³/mol. The second-order valence-corrected chi connectivity index (χ2v) is 7.00. The van der Waals surface area contributed by atoms with Gasteiger partial charge in [0.05, 0.1) is 10.7 Å². The SMILES string of the molecule is O=C(CC(c1ccccc1)c1cnc2ccc(Cl)cn12)NCc1cccnc1. The summed E-state index contributed by atoms with van der Waals surface area (Å²) < 4.78 is 1.95. The van der Waals surface area contributed by atoms with Crippen molar-refractivity contribution in [2.45, 2.75) is 18.9 Å². The summed E-state index contributed by atoms with van der Waals surface area (Å²) in [5.74, 6) is -0.168. The molecule has 0 saturated heterocycles. The number of benzene rings is 1.